The van der Waals surface area contributed by atoms with E-state index in [9.17, 15) is 19.4 Å². The third kappa shape index (κ3) is 6.25. The summed E-state index contributed by atoms with van der Waals surface area (Å²) in [6.45, 7) is -5.00. The lowest BCUT2D eigenvalue weighted by Gasteiger charge is -2.26. The summed E-state index contributed by atoms with van der Waals surface area (Å²) in [6, 6.07) is 0. The number of rotatable bonds is 12. The normalized spacial score (nSPS) is 29.7. The number of H-pyrrole nitrogens is 1. The molecule has 20 nitrogen and oxygen atoms in total. The molecule has 2 aliphatic rings. The lowest BCUT2D eigenvalue weighted by atomic mass is 10.1. The summed E-state index contributed by atoms with van der Waals surface area (Å²) in [7, 11) is -0.846. The molecule has 2 aliphatic heterocycles. The Labute approximate surface area is 268 Å². The van der Waals surface area contributed by atoms with Gasteiger partial charge < -0.3 is 40.2 Å². The second kappa shape index (κ2) is 13.4. The highest BCUT2D eigenvalue weighted by molar-refractivity contribution is 8.07. The van der Waals surface area contributed by atoms with Crippen molar-refractivity contribution in [2.24, 2.45) is 0 Å². The third-order valence-electron chi connectivity index (χ3n) is 7.16. The number of halogens is 1. The summed E-state index contributed by atoms with van der Waals surface area (Å²) in [5, 5.41) is 11.3. The Morgan fingerprint density at radius 2 is 1.78 bits per heavy atom. The first-order valence-electron chi connectivity index (χ1n) is 13.1. The number of hydrogen-bond donors (Lipinski definition) is 6. The number of aromatic amines is 1. The van der Waals surface area contributed by atoms with Gasteiger partial charge in [-0.15, -0.1) is 0 Å². The highest BCUT2D eigenvalue weighted by Gasteiger charge is 2.51. The minimum absolute atomic E-state index is 0.0109. The number of alkyl halides is 1. The number of thiol groups is 1. The molecule has 0 bridgehead atoms. The fraction of sp³-hybridized carbons (Fsp3) is 0.524. The average molecular weight is 723 g/mol. The molecule has 7 N–H and O–H groups in total. The maximum absolute atomic E-state index is 15.6. The molecule has 0 spiro atoms. The number of aromatic nitrogens is 8. The van der Waals surface area contributed by atoms with Crippen LogP contribution >= 0.6 is 28.0 Å². The number of imidazole rings is 2. The van der Waals surface area contributed by atoms with E-state index in [-0.39, 0.29) is 46.6 Å². The zero-order chi connectivity index (χ0) is 32.7. The van der Waals surface area contributed by atoms with Crippen LogP contribution in [0, 0.1) is 0 Å². The van der Waals surface area contributed by atoms with Gasteiger partial charge in [0.25, 0.3) is 5.56 Å². The second-order valence-corrected chi connectivity index (χ2v) is 13.3. The van der Waals surface area contributed by atoms with Crippen molar-refractivity contribution < 1.29 is 46.7 Å². The minimum Gasteiger partial charge on any atom is -0.386 e. The number of ether oxygens (including phenoxy) is 3. The Hall–Kier alpha value is -2.79. The molecule has 1 unspecified atom stereocenters. The predicted molar refractivity (Wildman–Crippen MR) is 161 cm³/mol. The van der Waals surface area contributed by atoms with Crippen molar-refractivity contribution in [2.45, 2.75) is 49.1 Å². The number of nitrogens with one attached hydrogen (secondary N) is 1. The van der Waals surface area contributed by atoms with Gasteiger partial charge in [-0.3, -0.25) is 28.0 Å². The Morgan fingerprint density at radius 1 is 1.09 bits per heavy atom. The molecule has 4 aromatic rings. The minimum atomic E-state index is -4.25. The summed E-state index contributed by atoms with van der Waals surface area (Å²) < 4.78 is 62.8. The van der Waals surface area contributed by atoms with Crippen LogP contribution in [0.2, 0.25) is 0 Å². The summed E-state index contributed by atoms with van der Waals surface area (Å²) in [6.07, 6.45) is -7.52. The first-order valence-corrected chi connectivity index (χ1v) is 17.1. The van der Waals surface area contributed by atoms with Gasteiger partial charge in [0.1, 0.15) is 42.4 Å². The van der Waals surface area contributed by atoms with Crippen LogP contribution in [0.1, 0.15) is 12.5 Å². The molecular weight excluding hydrogens is 697 g/mol. The van der Waals surface area contributed by atoms with Crippen molar-refractivity contribution in [1.29, 1.82) is 0 Å². The van der Waals surface area contributed by atoms with Crippen LogP contribution in [-0.4, -0.2) is 105 Å². The first-order chi connectivity index (χ1) is 22.0. The van der Waals surface area contributed by atoms with E-state index in [0.29, 0.717) is 0 Å². The molecule has 2 saturated heterocycles. The van der Waals surface area contributed by atoms with E-state index in [1.165, 1.54) is 28.1 Å². The standard InChI is InChI=1S/C21H25FN10O10P2S2/c22-9-13(41-43-35)8(39-19(9)31-4-27-10-15(23)25-3-26-16(10)31)2-38-44(36,46)42-14-7(1-37-6-45)40-20(12(14)33)32-5-28-11-17(32)29-21(24)30-18(11)34/h3-5,7-9,12-14,19-20,33,45H,1-2,6H2,(H,36,46)(H2,23,25,26)(H3,24,29,30,34)/t7-,8-,9-,12-,13-,14-,19-,20-,44?/m1/s1. The van der Waals surface area contributed by atoms with E-state index in [1.54, 1.807) is 0 Å². The van der Waals surface area contributed by atoms with E-state index in [4.69, 9.17) is 51.1 Å². The number of fused-ring (bicyclic) bond motifs is 2. The molecule has 0 aromatic carbocycles. The zero-order valence-corrected chi connectivity index (χ0v) is 26.5. The molecule has 2 fully saturated rings. The third-order valence-corrected chi connectivity index (χ3v) is 9.23. The molecule has 4 aromatic heterocycles. The van der Waals surface area contributed by atoms with Crippen molar-refractivity contribution >= 4 is 73.9 Å². The van der Waals surface area contributed by atoms with E-state index < -0.39 is 76.7 Å². The molecule has 9 atom stereocenters. The van der Waals surface area contributed by atoms with Gasteiger partial charge >= 0.3 is 15.4 Å². The van der Waals surface area contributed by atoms with Crippen molar-refractivity contribution in [3.05, 3.63) is 29.3 Å². The van der Waals surface area contributed by atoms with Gasteiger partial charge in [-0.2, -0.15) is 17.6 Å². The van der Waals surface area contributed by atoms with Gasteiger partial charge in [-0.1, -0.05) is 0 Å². The van der Waals surface area contributed by atoms with Crippen molar-refractivity contribution in [2.75, 3.05) is 30.6 Å². The molecule has 46 heavy (non-hydrogen) atoms. The fourth-order valence-corrected chi connectivity index (χ4v) is 7.05. The van der Waals surface area contributed by atoms with Crippen molar-refractivity contribution in [3.8, 4) is 0 Å². The molecular formula is C21H25FN10O10P2S2. The quantitative estimate of drug-likeness (QED) is 0.0624. The lowest BCUT2D eigenvalue weighted by Crippen LogP contribution is -2.36. The highest BCUT2D eigenvalue weighted by Crippen LogP contribution is 2.50. The number of nitrogen functional groups attached to an aromatic ring is 2. The summed E-state index contributed by atoms with van der Waals surface area (Å²) in [5.41, 5.74) is 11.2. The Kier molecular flexibility index (Phi) is 9.63. The van der Waals surface area contributed by atoms with Gasteiger partial charge in [-0.25, -0.2) is 28.9 Å². The predicted octanol–water partition coefficient (Wildman–Crippen LogP) is -0.268. The van der Waals surface area contributed by atoms with Gasteiger partial charge in [0.2, 0.25) is 5.95 Å². The highest BCUT2D eigenvalue weighted by atomic mass is 32.5. The SMILES string of the molecule is Nc1nc2c(ncn2[C@@H]2O[C@H](COCS)[C@@H](OP(O)(=S)OC[C@H]3O[C@@H](n4cnc5c(N)ncnc54)[C@H](F)[C@@H]3OP=O)[C@H]2O)c(=O)[nH]1. The number of aliphatic hydroxyl groups is 1. The van der Waals surface area contributed by atoms with Gasteiger partial charge in [0.15, 0.2) is 41.3 Å². The van der Waals surface area contributed by atoms with Crippen LogP contribution in [0.5, 0.6) is 0 Å². The molecule has 0 saturated carbocycles. The maximum atomic E-state index is 15.6. The molecule has 0 aliphatic carbocycles. The van der Waals surface area contributed by atoms with E-state index >= 15 is 4.39 Å². The van der Waals surface area contributed by atoms with Crippen LogP contribution in [0.4, 0.5) is 16.2 Å². The molecule has 6 rings (SSSR count). The van der Waals surface area contributed by atoms with Crippen molar-refractivity contribution in [1.82, 2.24) is 39.0 Å². The fourth-order valence-electron chi connectivity index (χ4n) is 5.15. The number of nitrogens with zero attached hydrogens (tertiary/aromatic N) is 7. The monoisotopic (exact) mass is 722 g/mol. The maximum Gasteiger partial charge on any atom is 0.327 e. The van der Waals surface area contributed by atoms with E-state index in [2.05, 4.69) is 42.5 Å². The Bertz CT molecular complexity index is 1850. The van der Waals surface area contributed by atoms with E-state index in [1.807, 2.05) is 0 Å². The smallest absolute Gasteiger partial charge is 0.327 e. The molecule has 0 radical (unpaired) electrons. The van der Waals surface area contributed by atoms with Gasteiger partial charge in [0.05, 0.1) is 31.8 Å². The Morgan fingerprint density at radius 3 is 2.52 bits per heavy atom. The summed E-state index contributed by atoms with van der Waals surface area (Å²) in [5.74, 6) is -0.151. The number of hydrogen-bond acceptors (Lipinski definition) is 18. The van der Waals surface area contributed by atoms with Crippen LogP contribution in [0.25, 0.3) is 22.3 Å². The number of anilines is 2. The van der Waals surface area contributed by atoms with Crippen LogP contribution in [0.3, 0.4) is 0 Å². The molecule has 248 valence electrons. The summed E-state index contributed by atoms with van der Waals surface area (Å²) >= 11 is 9.22. The first kappa shape index (κ1) is 33.1. The van der Waals surface area contributed by atoms with E-state index in [0.717, 1.165) is 0 Å². The van der Waals surface area contributed by atoms with Crippen LogP contribution < -0.4 is 17.0 Å². The lowest BCUT2D eigenvalue weighted by molar-refractivity contribution is -0.0602. The average Bonchev–Trinajstić information content (AvgIpc) is 3.77. The zero-order valence-electron chi connectivity index (χ0n) is 23.0. The van der Waals surface area contributed by atoms with Crippen LogP contribution in [0.15, 0.2) is 23.8 Å². The van der Waals surface area contributed by atoms with Gasteiger partial charge in [0, 0.05) is 0 Å². The molecule has 6 heterocycles. The largest absolute Gasteiger partial charge is 0.386 e. The number of aliphatic hydroxyl groups excluding tert-OH is 1. The topological polar surface area (TPSA) is 272 Å². The Balaban J connectivity index is 1.19. The molecule has 0 amide bonds. The summed E-state index contributed by atoms with van der Waals surface area (Å²) in [4.78, 5) is 45.7. The van der Waals surface area contributed by atoms with Gasteiger partial charge in [-0.05, 0) is 11.8 Å². The van der Waals surface area contributed by atoms with Crippen molar-refractivity contribution in [3.63, 3.8) is 0 Å². The second-order valence-electron chi connectivity index (χ2n) is 9.90. The number of nitrogens with two attached hydrogens (primary N) is 2. The van der Waals surface area contributed by atoms with Crippen LogP contribution in [-0.2, 0) is 44.2 Å². The molecule has 25 heteroatoms.